The molecule has 3 heterocycles. The maximum atomic E-state index is 5.36. The molecule has 3 rings (SSSR count). The number of nitrogens with one attached hydrogen (secondary N) is 1. The Morgan fingerprint density at radius 2 is 2.25 bits per heavy atom. The molecule has 1 unspecified atom stereocenters. The van der Waals surface area contributed by atoms with Crippen LogP contribution < -0.4 is 5.32 Å². The molecule has 0 bridgehead atoms. The van der Waals surface area contributed by atoms with Crippen molar-refractivity contribution in [3.8, 4) is 11.5 Å². The molecule has 1 aliphatic rings. The minimum Gasteiger partial charge on any atom is -0.472 e. The van der Waals surface area contributed by atoms with Crippen molar-refractivity contribution < 1.29 is 8.94 Å². The van der Waals surface area contributed by atoms with E-state index in [1.165, 1.54) is 0 Å². The molecule has 1 aliphatic heterocycles. The van der Waals surface area contributed by atoms with Crippen molar-refractivity contribution in [2.45, 2.75) is 25.8 Å². The lowest BCUT2D eigenvalue weighted by atomic mass is 10.1. The topological polar surface area (TPSA) is 67.3 Å². The Kier molecular flexibility index (Phi) is 4.13. The number of aromatic nitrogens is 2. The van der Waals surface area contributed by atoms with Crippen molar-refractivity contribution in [2.24, 2.45) is 0 Å². The maximum Gasteiger partial charge on any atom is 0.261 e. The monoisotopic (exact) mass is 276 g/mol. The van der Waals surface area contributed by atoms with Gasteiger partial charge in [0.15, 0.2) is 5.82 Å². The van der Waals surface area contributed by atoms with Gasteiger partial charge in [0.1, 0.15) is 6.26 Å². The van der Waals surface area contributed by atoms with Gasteiger partial charge in [-0.1, -0.05) is 18.5 Å². The molecule has 0 aliphatic carbocycles. The van der Waals surface area contributed by atoms with E-state index in [0.29, 0.717) is 5.89 Å². The van der Waals surface area contributed by atoms with Crippen molar-refractivity contribution in [3.63, 3.8) is 0 Å². The summed E-state index contributed by atoms with van der Waals surface area (Å²) in [4.78, 5) is 6.98. The Hall–Kier alpha value is -1.66. The minimum atomic E-state index is 0.242. The van der Waals surface area contributed by atoms with E-state index in [9.17, 15) is 0 Å². The number of nitrogens with zero attached hydrogens (tertiary/aromatic N) is 3. The third-order valence-electron chi connectivity index (χ3n) is 3.66. The summed E-state index contributed by atoms with van der Waals surface area (Å²) in [5.74, 6) is 1.31. The third-order valence-corrected chi connectivity index (χ3v) is 3.66. The molecule has 0 amide bonds. The zero-order chi connectivity index (χ0) is 13.8. The van der Waals surface area contributed by atoms with Crippen LogP contribution in [0.4, 0.5) is 0 Å². The zero-order valence-corrected chi connectivity index (χ0v) is 11.7. The van der Waals surface area contributed by atoms with Gasteiger partial charge in [-0.2, -0.15) is 4.98 Å². The first-order valence-electron chi connectivity index (χ1n) is 7.19. The highest BCUT2D eigenvalue weighted by Crippen LogP contribution is 2.26. The zero-order valence-electron chi connectivity index (χ0n) is 11.7. The summed E-state index contributed by atoms with van der Waals surface area (Å²) in [5, 5.41) is 7.55. The normalized spacial score (nSPS) is 18.2. The fourth-order valence-electron chi connectivity index (χ4n) is 2.62. The number of furan rings is 1. The smallest absolute Gasteiger partial charge is 0.261 e. The standard InChI is InChI=1S/C14H20N4O2/c1-2-3-12(18-7-5-15-6-8-18)13-16-14(20-17-13)11-4-9-19-10-11/h4,9-10,12,15H,2-3,5-8H2,1H3. The first kappa shape index (κ1) is 13.3. The Labute approximate surface area is 118 Å². The van der Waals surface area contributed by atoms with Gasteiger partial charge in [0.2, 0.25) is 0 Å². The van der Waals surface area contributed by atoms with Crippen molar-refractivity contribution in [1.29, 1.82) is 0 Å². The van der Waals surface area contributed by atoms with Gasteiger partial charge < -0.3 is 14.3 Å². The van der Waals surface area contributed by atoms with E-state index in [2.05, 4.69) is 27.3 Å². The van der Waals surface area contributed by atoms with Gasteiger partial charge in [0.05, 0.1) is 17.9 Å². The summed E-state index contributed by atoms with van der Waals surface area (Å²) in [6.45, 7) is 6.28. The van der Waals surface area contributed by atoms with Crippen LogP contribution in [-0.2, 0) is 0 Å². The molecule has 1 saturated heterocycles. The second kappa shape index (κ2) is 6.19. The largest absolute Gasteiger partial charge is 0.472 e. The Bertz CT molecular complexity index is 517. The van der Waals surface area contributed by atoms with E-state index in [1.807, 2.05) is 6.07 Å². The van der Waals surface area contributed by atoms with Gasteiger partial charge in [0, 0.05) is 26.2 Å². The number of piperazine rings is 1. The molecule has 1 N–H and O–H groups in total. The van der Waals surface area contributed by atoms with E-state index < -0.39 is 0 Å². The lowest BCUT2D eigenvalue weighted by molar-refractivity contribution is 0.155. The molecular weight excluding hydrogens is 256 g/mol. The van der Waals surface area contributed by atoms with E-state index in [0.717, 1.165) is 50.4 Å². The fraction of sp³-hybridized carbons (Fsp3) is 0.571. The fourth-order valence-corrected chi connectivity index (χ4v) is 2.62. The summed E-state index contributed by atoms with van der Waals surface area (Å²) in [6.07, 6.45) is 5.38. The highest BCUT2D eigenvalue weighted by atomic mass is 16.5. The molecule has 108 valence electrons. The lowest BCUT2D eigenvalue weighted by Gasteiger charge is -2.33. The van der Waals surface area contributed by atoms with Crippen LogP contribution in [-0.4, -0.2) is 41.2 Å². The Balaban J connectivity index is 1.80. The predicted molar refractivity (Wildman–Crippen MR) is 74.1 cm³/mol. The molecule has 6 nitrogen and oxygen atoms in total. The van der Waals surface area contributed by atoms with Crippen molar-refractivity contribution in [2.75, 3.05) is 26.2 Å². The van der Waals surface area contributed by atoms with Crippen LogP contribution >= 0.6 is 0 Å². The highest BCUT2D eigenvalue weighted by molar-refractivity contribution is 5.49. The lowest BCUT2D eigenvalue weighted by Crippen LogP contribution is -2.45. The van der Waals surface area contributed by atoms with Crippen molar-refractivity contribution >= 4 is 0 Å². The summed E-state index contributed by atoms with van der Waals surface area (Å²) in [7, 11) is 0. The van der Waals surface area contributed by atoms with Gasteiger partial charge >= 0.3 is 0 Å². The molecular formula is C14H20N4O2. The third kappa shape index (κ3) is 2.76. The molecule has 0 aromatic carbocycles. The molecule has 0 saturated carbocycles. The predicted octanol–water partition coefficient (Wildman–Crippen LogP) is 2.08. The molecule has 20 heavy (non-hydrogen) atoms. The highest BCUT2D eigenvalue weighted by Gasteiger charge is 2.26. The molecule has 0 radical (unpaired) electrons. The van der Waals surface area contributed by atoms with Gasteiger partial charge in [-0.15, -0.1) is 0 Å². The van der Waals surface area contributed by atoms with Crippen LogP contribution in [0.3, 0.4) is 0 Å². The molecule has 0 spiro atoms. The maximum absolute atomic E-state index is 5.36. The van der Waals surface area contributed by atoms with E-state index in [4.69, 9.17) is 8.94 Å². The number of hydrogen-bond donors (Lipinski definition) is 1. The number of hydrogen-bond acceptors (Lipinski definition) is 6. The van der Waals surface area contributed by atoms with Crippen molar-refractivity contribution in [3.05, 3.63) is 24.4 Å². The Morgan fingerprint density at radius 3 is 2.95 bits per heavy atom. The first-order valence-corrected chi connectivity index (χ1v) is 7.19. The second-order valence-corrected chi connectivity index (χ2v) is 5.06. The van der Waals surface area contributed by atoms with Gasteiger partial charge in [-0.05, 0) is 12.5 Å². The summed E-state index contributed by atoms with van der Waals surface area (Å²) in [6, 6.07) is 2.07. The molecule has 2 aromatic heterocycles. The average Bonchev–Trinajstić information content (AvgIpc) is 3.16. The Morgan fingerprint density at radius 1 is 1.40 bits per heavy atom. The molecule has 2 aromatic rings. The van der Waals surface area contributed by atoms with Crippen LogP contribution in [0.5, 0.6) is 0 Å². The van der Waals surface area contributed by atoms with E-state index in [1.54, 1.807) is 12.5 Å². The summed E-state index contributed by atoms with van der Waals surface area (Å²) >= 11 is 0. The van der Waals surface area contributed by atoms with Gasteiger partial charge in [0.25, 0.3) is 5.89 Å². The summed E-state index contributed by atoms with van der Waals surface area (Å²) in [5.41, 5.74) is 0.833. The van der Waals surface area contributed by atoms with Crippen LogP contribution in [0.2, 0.25) is 0 Å². The van der Waals surface area contributed by atoms with Gasteiger partial charge in [-0.25, -0.2) is 0 Å². The first-order chi connectivity index (χ1) is 9.88. The SMILES string of the molecule is CCCC(c1noc(-c2ccoc2)n1)N1CCNCC1. The molecule has 1 fully saturated rings. The van der Waals surface area contributed by atoms with Crippen LogP contribution in [0.15, 0.2) is 27.5 Å². The summed E-state index contributed by atoms with van der Waals surface area (Å²) < 4.78 is 10.4. The number of rotatable bonds is 5. The second-order valence-electron chi connectivity index (χ2n) is 5.06. The van der Waals surface area contributed by atoms with Gasteiger partial charge in [-0.3, -0.25) is 4.90 Å². The van der Waals surface area contributed by atoms with Crippen LogP contribution in [0, 0.1) is 0 Å². The van der Waals surface area contributed by atoms with Crippen molar-refractivity contribution in [1.82, 2.24) is 20.4 Å². The van der Waals surface area contributed by atoms with E-state index >= 15 is 0 Å². The van der Waals surface area contributed by atoms with Crippen LogP contribution in [0.1, 0.15) is 31.6 Å². The van der Waals surface area contributed by atoms with E-state index in [-0.39, 0.29) is 6.04 Å². The van der Waals surface area contributed by atoms with Crippen LogP contribution in [0.25, 0.3) is 11.5 Å². The quantitative estimate of drug-likeness (QED) is 0.901. The molecule has 6 heteroatoms. The average molecular weight is 276 g/mol. The molecule has 1 atom stereocenters. The minimum absolute atomic E-state index is 0.242.